The van der Waals surface area contributed by atoms with Crippen LogP contribution in [0.5, 0.6) is 5.75 Å². The van der Waals surface area contributed by atoms with Crippen LogP contribution >= 0.6 is 11.6 Å². The van der Waals surface area contributed by atoms with Crippen molar-refractivity contribution in [2.24, 2.45) is 0 Å². The predicted molar refractivity (Wildman–Crippen MR) is 83.1 cm³/mol. The number of nitrogens with one attached hydrogen (secondary N) is 1. The lowest BCUT2D eigenvalue weighted by molar-refractivity contribution is 0.0678. The van der Waals surface area contributed by atoms with E-state index in [-0.39, 0.29) is 5.91 Å². The standard InChI is InChI=1S/C16H21ClN2O2/c1-19(13-8-11-4-5-12(9-13)18-11)16(20)14-6-3-10(17)7-15(14)21-2/h3,6-7,11-13,18H,4-5,8-9H2,1-2H3. The zero-order valence-corrected chi connectivity index (χ0v) is 13.2. The van der Waals surface area contributed by atoms with Gasteiger partial charge in [-0.3, -0.25) is 4.79 Å². The molecule has 2 saturated heterocycles. The fourth-order valence-corrected chi connectivity index (χ4v) is 3.70. The molecule has 4 nitrogen and oxygen atoms in total. The van der Waals surface area contributed by atoms with Crippen molar-refractivity contribution in [1.29, 1.82) is 0 Å². The Hall–Kier alpha value is -1.26. The molecule has 0 aliphatic carbocycles. The van der Waals surface area contributed by atoms with Crippen molar-refractivity contribution in [2.45, 2.75) is 43.8 Å². The van der Waals surface area contributed by atoms with Gasteiger partial charge in [0.25, 0.3) is 5.91 Å². The molecule has 5 heteroatoms. The third-order valence-electron chi connectivity index (χ3n) is 4.71. The molecule has 2 atom stereocenters. The summed E-state index contributed by atoms with van der Waals surface area (Å²) in [4.78, 5) is 14.6. The van der Waals surface area contributed by atoms with E-state index in [1.165, 1.54) is 12.8 Å². The van der Waals surface area contributed by atoms with Crippen molar-refractivity contribution in [3.05, 3.63) is 28.8 Å². The second-order valence-corrected chi connectivity index (χ2v) is 6.46. The molecule has 2 bridgehead atoms. The lowest BCUT2D eigenvalue weighted by Crippen LogP contribution is -2.48. The number of carbonyl (C=O) groups is 1. The maximum absolute atomic E-state index is 12.8. The number of amides is 1. The zero-order chi connectivity index (χ0) is 15.0. The number of fused-ring (bicyclic) bond motifs is 2. The van der Waals surface area contributed by atoms with E-state index >= 15 is 0 Å². The fraction of sp³-hybridized carbons (Fsp3) is 0.562. The largest absolute Gasteiger partial charge is 0.496 e. The Morgan fingerprint density at radius 1 is 1.33 bits per heavy atom. The van der Waals surface area contributed by atoms with Gasteiger partial charge in [-0.2, -0.15) is 0 Å². The number of hydrogen-bond donors (Lipinski definition) is 1. The first-order valence-electron chi connectivity index (χ1n) is 7.45. The summed E-state index contributed by atoms with van der Waals surface area (Å²) in [7, 11) is 3.46. The molecule has 21 heavy (non-hydrogen) atoms. The number of methoxy groups -OCH3 is 1. The van der Waals surface area contributed by atoms with Gasteiger partial charge >= 0.3 is 0 Å². The Morgan fingerprint density at radius 2 is 2.00 bits per heavy atom. The van der Waals surface area contributed by atoms with Crippen LogP contribution in [-0.2, 0) is 0 Å². The van der Waals surface area contributed by atoms with Crippen LogP contribution in [-0.4, -0.2) is 43.1 Å². The Labute approximate surface area is 130 Å². The minimum Gasteiger partial charge on any atom is -0.496 e. The van der Waals surface area contributed by atoms with E-state index in [1.807, 2.05) is 11.9 Å². The highest BCUT2D eigenvalue weighted by Crippen LogP contribution is 2.31. The first-order valence-corrected chi connectivity index (χ1v) is 7.83. The quantitative estimate of drug-likeness (QED) is 0.933. The highest BCUT2D eigenvalue weighted by Gasteiger charge is 2.36. The van der Waals surface area contributed by atoms with E-state index in [2.05, 4.69) is 5.32 Å². The molecule has 0 saturated carbocycles. The van der Waals surface area contributed by atoms with E-state index in [1.54, 1.807) is 25.3 Å². The van der Waals surface area contributed by atoms with Gasteiger partial charge in [-0.05, 0) is 43.9 Å². The van der Waals surface area contributed by atoms with Crippen LogP contribution in [0.2, 0.25) is 5.02 Å². The first kappa shape index (κ1) is 14.7. The Balaban J connectivity index is 1.78. The maximum atomic E-state index is 12.8. The van der Waals surface area contributed by atoms with Gasteiger partial charge in [0.05, 0.1) is 12.7 Å². The number of nitrogens with zero attached hydrogens (tertiary/aromatic N) is 1. The van der Waals surface area contributed by atoms with E-state index < -0.39 is 0 Å². The summed E-state index contributed by atoms with van der Waals surface area (Å²) in [6.07, 6.45) is 4.53. The van der Waals surface area contributed by atoms with Crippen LogP contribution in [0.15, 0.2) is 18.2 Å². The maximum Gasteiger partial charge on any atom is 0.257 e. The van der Waals surface area contributed by atoms with Crippen molar-refractivity contribution in [1.82, 2.24) is 10.2 Å². The van der Waals surface area contributed by atoms with E-state index in [9.17, 15) is 4.79 Å². The smallest absolute Gasteiger partial charge is 0.257 e. The summed E-state index contributed by atoms with van der Waals surface area (Å²) in [5.74, 6) is 0.547. The van der Waals surface area contributed by atoms with Gasteiger partial charge in [0.2, 0.25) is 0 Å². The normalized spacial score (nSPS) is 27.5. The van der Waals surface area contributed by atoms with Crippen molar-refractivity contribution in [2.75, 3.05) is 14.2 Å². The number of carbonyl (C=O) groups excluding carboxylic acids is 1. The zero-order valence-electron chi connectivity index (χ0n) is 12.4. The predicted octanol–water partition coefficient (Wildman–Crippen LogP) is 2.70. The summed E-state index contributed by atoms with van der Waals surface area (Å²) in [6, 6.07) is 6.60. The average Bonchev–Trinajstić information content (AvgIpc) is 2.84. The molecule has 0 radical (unpaired) electrons. The van der Waals surface area contributed by atoms with E-state index in [4.69, 9.17) is 16.3 Å². The van der Waals surface area contributed by atoms with Crippen LogP contribution < -0.4 is 10.1 Å². The SMILES string of the molecule is COc1cc(Cl)ccc1C(=O)N(C)C1CC2CCC(C1)N2. The molecule has 2 aliphatic rings. The monoisotopic (exact) mass is 308 g/mol. The van der Waals surface area contributed by atoms with Gasteiger partial charge in [0, 0.05) is 30.2 Å². The minimum absolute atomic E-state index is 0.00909. The molecule has 2 heterocycles. The number of halogens is 1. The summed E-state index contributed by atoms with van der Waals surface area (Å²) < 4.78 is 5.30. The molecule has 2 fully saturated rings. The minimum atomic E-state index is 0.00909. The molecule has 2 unspecified atom stereocenters. The molecule has 1 aromatic rings. The molecular weight excluding hydrogens is 288 g/mol. The number of benzene rings is 1. The first-order chi connectivity index (χ1) is 10.1. The van der Waals surface area contributed by atoms with Gasteiger partial charge in [-0.15, -0.1) is 0 Å². The van der Waals surface area contributed by atoms with Gasteiger partial charge in [-0.1, -0.05) is 11.6 Å². The number of ether oxygens (including phenoxy) is 1. The second-order valence-electron chi connectivity index (χ2n) is 6.02. The highest BCUT2D eigenvalue weighted by atomic mass is 35.5. The van der Waals surface area contributed by atoms with E-state index in [0.29, 0.717) is 34.5 Å². The molecule has 1 amide bonds. The Bertz CT molecular complexity index is 537. The van der Waals surface area contributed by atoms with Crippen LogP contribution in [0.25, 0.3) is 0 Å². The van der Waals surface area contributed by atoms with E-state index in [0.717, 1.165) is 12.8 Å². The van der Waals surface area contributed by atoms with Crippen molar-refractivity contribution in [3.63, 3.8) is 0 Å². The van der Waals surface area contributed by atoms with Crippen LogP contribution in [0.4, 0.5) is 0 Å². The van der Waals surface area contributed by atoms with Crippen molar-refractivity contribution < 1.29 is 9.53 Å². The fourth-order valence-electron chi connectivity index (χ4n) is 3.54. The Kier molecular flexibility index (Phi) is 4.09. The summed E-state index contributed by atoms with van der Waals surface area (Å²) >= 11 is 5.96. The number of rotatable bonds is 3. The summed E-state index contributed by atoms with van der Waals surface area (Å²) in [6.45, 7) is 0. The van der Waals surface area contributed by atoms with Crippen molar-refractivity contribution in [3.8, 4) is 5.75 Å². The topological polar surface area (TPSA) is 41.6 Å². The van der Waals surface area contributed by atoms with Gasteiger partial charge < -0.3 is 15.0 Å². The molecule has 1 aromatic carbocycles. The molecule has 0 aromatic heterocycles. The van der Waals surface area contributed by atoms with Crippen molar-refractivity contribution >= 4 is 17.5 Å². The molecular formula is C16H21ClN2O2. The highest BCUT2D eigenvalue weighted by molar-refractivity contribution is 6.30. The van der Waals surface area contributed by atoms with Crippen LogP contribution in [0.1, 0.15) is 36.0 Å². The summed E-state index contributed by atoms with van der Waals surface area (Å²) in [5.41, 5.74) is 0.579. The van der Waals surface area contributed by atoms with Crippen LogP contribution in [0.3, 0.4) is 0 Å². The molecule has 114 valence electrons. The number of piperidine rings is 1. The molecule has 2 aliphatic heterocycles. The summed E-state index contributed by atoms with van der Waals surface area (Å²) in [5, 5.41) is 4.18. The third-order valence-corrected chi connectivity index (χ3v) is 4.95. The number of hydrogen-bond acceptors (Lipinski definition) is 3. The van der Waals surface area contributed by atoms with Crippen LogP contribution in [0, 0.1) is 0 Å². The van der Waals surface area contributed by atoms with Gasteiger partial charge in [0.15, 0.2) is 0 Å². The third kappa shape index (κ3) is 2.87. The van der Waals surface area contributed by atoms with Gasteiger partial charge in [0.1, 0.15) is 5.75 Å². The Morgan fingerprint density at radius 3 is 2.62 bits per heavy atom. The van der Waals surface area contributed by atoms with Gasteiger partial charge in [-0.25, -0.2) is 0 Å². The molecule has 0 spiro atoms. The molecule has 1 N–H and O–H groups in total. The second kappa shape index (κ2) is 5.85. The lowest BCUT2D eigenvalue weighted by atomic mass is 9.98. The molecule has 3 rings (SSSR count). The average molecular weight is 309 g/mol. The lowest BCUT2D eigenvalue weighted by Gasteiger charge is -2.35.